The molecule has 0 saturated carbocycles. The molecule has 0 heterocycles. The third-order valence-corrected chi connectivity index (χ3v) is 7.02. The van der Waals surface area contributed by atoms with Crippen LogP contribution in [0.15, 0.2) is 78.9 Å². The summed E-state index contributed by atoms with van der Waals surface area (Å²) in [6.45, 7) is 8.26. The minimum absolute atomic E-state index is 0.0716. The van der Waals surface area contributed by atoms with Crippen molar-refractivity contribution in [3.63, 3.8) is 0 Å². The van der Waals surface area contributed by atoms with Gasteiger partial charge in [-0.25, -0.2) is 0 Å². The second kappa shape index (κ2) is 13.0. The quantitative estimate of drug-likeness (QED) is 0.333. The Hall–Kier alpha value is -2.76. The fourth-order valence-corrected chi connectivity index (χ4v) is 5.04. The van der Waals surface area contributed by atoms with Crippen molar-refractivity contribution >= 4 is 35.2 Å². The van der Waals surface area contributed by atoms with Crippen LogP contribution in [0.3, 0.4) is 0 Å². The first-order chi connectivity index (χ1) is 17.1. The number of halogens is 1. The zero-order valence-corrected chi connectivity index (χ0v) is 23.0. The highest BCUT2D eigenvalue weighted by molar-refractivity contribution is 7.99. The maximum absolute atomic E-state index is 13.7. The fraction of sp³-hybridized carbons (Fsp3) is 0.333. The van der Waals surface area contributed by atoms with Gasteiger partial charge in [-0.1, -0.05) is 90.0 Å². The number of amides is 2. The fourth-order valence-electron chi connectivity index (χ4n) is 3.84. The molecule has 190 valence electrons. The maximum Gasteiger partial charge on any atom is 0.243 e. The lowest BCUT2D eigenvalue weighted by molar-refractivity contribution is -0.140. The number of benzene rings is 3. The van der Waals surface area contributed by atoms with Crippen LogP contribution in [0.5, 0.6) is 0 Å². The average Bonchev–Trinajstić information content (AvgIpc) is 2.83. The third kappa shape index (κ3) is 8.72. The molecular formula is C30H35ClN2O2S. The zero-order valence-electron chi connectivity index (χ0n) is 21.5. The summed E-state index contributed by atoms with van der Waals surface area (Å²) in [6.07, 6.45) is 0.440. The number of carbonyl (C=O) groups is 2. The second-order valence-electron chi connectivity index (χ2n) is 10.0. The van der Waals surface area contributed by atoms with Gasteiger partial charge >= 0.3 is 0 Å². The van der Waals surface area contributed by atoms with Crippen LogP contribution in [0, 0.1) is 6.92 Å². The third-order valence-electron chi connectivity index (χ3n) is 5.68. The topological polar surface area (TPSA) is 49.4 Å². The average molecular weight is 523 g/mol. The van der Waals surface area contributed by atoms with Crippen molar-refractivity contribution in [2.24, 2.45) is 0 Å². The molecule has 0 spiro atoms. The van der Waals surface area contributed by atoms with E-state index in [0.717, 1.165) is 22.3 Å². The normalized spacial score (nSPS) is 12.1. The van der Waals surface area contributed by atoms with E-state index >= 15 is 0 Å². The Morgan fingerprint density at radius 3 is 2.19 bits per heavy atom. The Labute approximate surface area is 224 Å². The van der Waals surface area contributed by atoms with Gasteiger partial charge in [0.05, 0.1) is 5.75 Å². The van der Waals surface area contributed by atoms with Crippen LogP contribution in [0.4, 0.5) is 0 Å². The molecule has 0 radical (unpaired) electrons. The summed E-state index contributed by atoms with van der Waals surface area (Å²) in [6, 6.07) is 25.0. The van der Waals surface area contributed by atoms with Gasteiger partial charge in [-0.05, 0) is 50.5 Å². The van der Waals surface area contributed by atoms with Crippen molar-refractivity contribution in [1.29, 1.82) is 0 Å². The van der Waals surface area contributed by atoms with E-state index < -0.39 is 11.6 Å². The molecule has 1 atom stereocenters. The minimum Gasteiger partial charge on any atom is -0.350 e. The van der Waals surface area contributed by atoms with Gasteiger partial charge in [-0.3, -0.25) is 9.59 Å². The molecule has 36 heavy (non-hydrogen) atoms. The molecule has 3 aromatic carbocycles. The minimum atomic E-state index is -0.638. The molecule has 0 fully saturated rings. The molecule has 0 bridgehead atoms. The van der Waals surface area contributed by atoms with Gasteiger partial charge in [0, 0.05) is 29.3 Å². The Kier molecular flexibility index (Phi) is 10.0. The monoisotopic (exact) mass is 522 g/mol. The molecule has 0 saturated heterocycles. The van der Waals surface area contributed by atoms with E-state index in [1.807, 2.05) is 107 Å². The Morgan fingerprint density at radius 2 is 1.56 bits per heavy atom. The van der Waals surface area contributed by atoms with Crippen LogP contribution in [0.1, 0.15) is 43.0 Å². The van der Waals surface area contributed by atoms with E-state index in [1.54, 1.807) is 4.90 Å². The van der Waals surface area contributed by atoms with Gasteiger partial charge in [0.25, 0.3) is 0 Å². The Balaban J connectivity index is 1.87. The van der Waals surface area contributed by atoms with Gasteiger partial charge in [0.2, 0.25) is 11.8 Å². The van der Waals surface area contributed by atoms with E-state index in [9.17, 15) is 9.59 Å². The molecule has 3 aromatic rings. The van der Waals surface area contributed by atoms with Crippen molar-refractivity contribution in [1.82, 2.24) is 10.2 Å². The molecular weight excluding hydrogens is 488 g/mol. The summed E-state index contributed by atoms with van der Waals surface area (Å²) in [5.41, 5.74) is 3.74. The van der Waals surface area contributed by atoms with Gasteiger partial charge in [0.1, 0.15) is 6.04 Å². The predicted octanol–water partition coefficient (Wildman–Crippen LogP) is 6.44. The van der Waals surface area contributed by atoms with Gasteiger partial charge < -0.3 is 10.2 Å². The standard InChI is InChI=1S/C30H35ClN2O2S/c1-22-14-16-24(17-15-22)19-33(28(34)21-36-20-25-12-8-9-13-26(25)31)27(29(35)32-30(2,3)4)18-23-10-6-5-7-11-23/h5-17,27H,18-21H2,1-4H3,(H,32,35)/t27-/m0/s1. The first kappa shape index (κ1) is 27.8. The second-order valence-corrected chi connectivity index (χ2v) is 11.4. The van der Waals surface area contributed by atoms with E-state index in [2.05, 4.69) is 5.32 Å². The smallest absolute Gasteiger partial charge is 0.243 e. The van der Waals surface area contributed by atoms with E-state index in [0.29, 0.717) is 23.7 Å². The number of nitrogens with one attached hydrogen (secondary N) is 1. The number of aryl methyl sites for hydroxylation is 1. The van der Waals surface area contributed by atoms with Crippen molar-refractivity contribution in [3.05, 3.63) is 106 Å². The lowest BCUT2D eigenvalue weighted by Crippen LogP contribution is -2.54. The van der Waals surface area contributed by atoms with E-state index in [4.69, 9.17) is 11.6 Å². The molecule has 0 aliphatic heterocycles. The predicted molar refractivity (Wildman–Crippen MR) is 151 cm³/mol. The maximum atomic E-state index is 13.7. The number of thioether (sulfide) groups is 1. The number of hydrogen-bond acceptors (Lipinski definition) is 3. The molecule has 6 heteroatoms. The van der Waals surface area contributed by atoms with Crippen molar-refractivity contribution < 1.29 is 9.59 Å². The number of hydrogen-bond donors (Lipinski definition) is 1. The van der Waals surface area contributed by atoms with Crippen LogP contribution in [-0.2, 0) is 28.3 Å². The first-order valence-electron chi connectivity index (χ1n) is 12.1. The zero-order chi connectivity index (χ0) is 26.1. The molecule has 0 aromatic heterocycles. The van der Waals surface area contributed by atoms with Crippen LogP contribution < -0.4 is 5.32 Å². The Morgan fingerprint density at radius 1 is 0.917 bits per heavy atom. The molecule has 0 aliphatic rings. The summed E-state index contributed by atoms with van der Waals surface area (Å²) in [7, 11) is 0. The highest BCUT2D eigenvalue weighted by Crippen LogP contribution is 2.23. The van der Waals surface area contributed by atoms with E-state index in [-0.39, 0.29) is 17.6 Å². The molecule has 0 unspecified atom stereocenters. The van der Waals surface area contributed by atoms with Crippen LogP contribution in [0.25, 0.3) is 0 Å². The summed E-state index contributed by atoms with van der Waals surface area (Å²) in [5, 5.41) is 3.80. The van der Waals surface area contributed by atoms with Crippen molar-refractivity contribution in [2.45, 2.75) is 58.0 Å². The van der Waals surface area contributed by atoms with Crippen LogP contribution in [-0.4, -0.2) is 34.0 Å². The number of rotatable bonds is 10. The summed E-state index contributed by atoms with van der Waals surface area (Å²) < 4.78 is 0. The lowest BCUT2D eigenvalue weighted by Gasteiger charge is -2.34. The molecule has 2 amide bonds. The molecule has 4 nitrogen and oxygen atoms in total. The summed E-state index contributed by atoms with van der Waals surface area (Å²) in [5.74, 6) is 0.660. The molecule has 0 aliphatic carbocycles. The van der Waals surface area contributed by atoms with E-state index in [1.165, 1.54) is 11.8 Å². The SMILES string of the molecule is Cc1ccc(CN(C(=O)CSCc2ccccc2Cl)[C@@H](Cc2ccccc2)C(=O)NC(C)(C)C)cc1. The van der Waals surface area contributed by atoms with Crippen molar-refractivity contribution in [3.8, 4) is 0 Å². The lowest BCUT2D eigenvalue weighted by atomic mass is 10.0. The molecule has 3 rings (SSSR count). The summed E-state index contributed by atoms with van der Waals surface area (Å²) in [4.78, 5) is 29.0. The highest BCUT2D eigenvalue weighted by atomic mass is 35.5. The first-order valence-corrected chi connectivity index (χ1v) is 13.7. The largest absolute Gasteiger partial charge is 0.350 e. The summed E-state index contributed by atoms with van der Waals surface area (Å²) >= 11 is 7.82. The van der Waals surface area contributed by atoms with Gasteiger partial charge in [-0.2, -0.15) is 0 Å². The number of nitrogens with zero attached hydrogens (tertiary/aromatic N) is 1. The van der Waals surface area contributed by atoms with Crippen LogP contribution >= 0.6 is 23.4 Å². The molecule has 1 N–H and O–H groups in total. The Bertz CT molecular complexity index is 1140. The van der Waals surface area contributed by atoms with Gasteiger partial charge in [-0.15, -0.1) is 11.8 Å². The van der Waals surface area contributed by atoms with Crippen LogP contribution in [0.2, 0.25) is 5.02 Å². The van der Waals surface area contributed by atoms with Gasteiger partial charge in [0.15, 0.2) is 0 Å². The van der Waals surface area contributed by atoms with Crippen molar-refractivity contribution in [2.75, 3.05) is 5.75 Å². The highest BCUT2D eigenvalue weighted by Gasteiger charge is 2.32. The number of carbonyl (C=O) groups excluding carboxylic acids is 2.